The molecule has 1 heteroatoms. The quantitative estimate of drug-likeness (QED) is 0.833. The van der Waals surface area contributed by atoms with Crippen LogP contribution >= 0.6 is 0 Å². The highest BCUT2D eigenvalue weighted by atomic mass is 15.1. The topological polar surface area (TPSA) is 4.44 Å². The van der Waals surface area contributed by atoms with Crippen LogP contribution in [-0.2, 0) is 6.54 Å². The largest absolute Gasteiger partial charge is 0.331 e. The molecule has 1 nitrogen and oxygen atoms in total. The molecule has 0 saturated carbocycles. The second-order valence-electron chi connectivity index (χ2n) is 6.71. The third-order valence-electron chi connectivity index (χ3n) is 5.56. The van der Waals surface area contributed by atoms with E-state index in [4.69, 9.17) is 0 Å². The van der Waals surface area contributed by atoms with Gasteiger partial charge in [0.05, 0.1) is 13.1 Å². The van der Waals surface area contributed by atoms with E-state index in [0.717, 1.165) is 5.92 Å². The SMILES string of the molecule is Cc1c(C)c(C)c(C[NH+]2CCC(C)CC2)c(C)c1C. The maximum atomic E-state index is 2.40. The fourth-order valence-electron chi connectivity index (χ4n) is 3.44. The number of quaternary nitrogens is 1. The molecule has 0 spiro atoms. The Balaban J connectivity index is 2.25. The maximum absolute atomic E-state index is 2.40. The van der Waals surface area contributed by atoms with Crippen LogP contribution in [0.3, 0.4) is 0 Å². The maximum Gasteiger partial charge on any atom is 0.103 e. The summed E-state index contributed by atoms with van der Waals surface area (Å²) in [4.78, 5) is 1.78. The highest BCUT2D eigenvalue weighted by Crippen LogP contribution is 2.25. The van der Waals surface area contributed by atoms with Crippen molar-refractivity contribution in [1.82, 2.24) is 0 Å². The van der Waals surface area contributed by atoms with Crippen LogP contribution in [-0.4, -0.2) is 13.1 Å². The van der Waals surface area contributed by atoms with Crippen LogP contribution in [0, 0.1) is 40.5 Å². The van der Waals surface area contributed by atoms with Crippen molar-refractivity contribution in [1.29, 1.82) is 0 Å². The lowest BCUT2D eigenvalue weighted by atomic mass is 9.89. The number of hydrogen-bond donors (Lipinski definition) is 1. The molecule has 0 atom stereocenters. The molecule has 1 saturated heterocycles. The highest BCUT2D eigenvalue weighted by molar-refractivity contribution is 5.49. The second-order valence-corrected chi connectivity index (χ2v) is 6.71. The van der Waals surface area contributed by atoms with Crippen LogP contribution in [0.5, 0.6) is 0 Å². The minimum Gasteiger partial charge on any atom is -0.331 e. The zero-order valence-electron chi connectivity index (χ0n) is 13.6. The summed E-state index contributed by atoms with van der Waals surface area (Å²) >= 11 is 0. The van der Waals surface area contributed by atoms with Crippen LogP contribution in [0.15, 0.2) is 0 Å². The molecule has 0 aliphatic carbocycles. The predicted octanol–water partition coefficient (Wildman–Crippen LogP) is 3.04. The molecule has 0 aromatic heterocycles. The lowest BCUT2D eigenvalue weighted by molar-refractivity contribution is -0.919. The van der Waals surface area contributed by atoms with Crippen molar-refractivity contribution in [3.63, 3.8) is 0 Å². The molecule has 1 aromatic carbocycles. The van der Waals surface area contributed by atoms with E-state index in [1.807, 2.05) is 0 Å². The minimum atomic E-state index is 0.937. The number of piperidine rings is 1. The van der Waals surface area contributed by atoms with Crippen molar-refractivity contribution < 1.29 is 4.90 Å². The fourth-order valence-corrected chi connectivity index (χ4v) is 3.44. The zero-order chi connectivity index (χ0) is 14.2. The van der Waals surface area contributed by atoms with Crippen LogP contribution < -0.4 is 4.90 Å². The van der Waals surface area contributed by atoms with Gasteiger partial charge in [-0.3, -0.25) is 0 Å². The van der Waals surface area contributed by atoms with Crippen LogP contribution in [0.25, 0.3) is 0 Å². The molecular weight excluding hydrogens is 230 g/mol. The van der Waals surface area contributed by atoms with Crippen molar-refractivity contribution in [3.8, 4) is 0 Å². The first-order valence-electron chi connectivity index (χ1n) is 7.81. The van der Waals surface area contributed by atoms with Gasteiger partial charge in [-0.25, -0.2) is 0 Å². The summed E-state index contributed by atoms with van der Waals surface area (Å²) in [5, 5.41) is 0. The Labute approximate surface area is 119 Å². The van der Waals surface area contributed by atoms with Crippen molar-refractivity contribution in [3.05, 3.63) is 33.4 Å². The van der Waals surface area contributed by atoms with E-state index < -0.39 is 0 Å². The third-order valence-corrected chi connectivity index (χ3v) is 5.56. The Morgan fingerprint density at radius 1 is 0.789 bits per heavy atom. The minimum absolute atomic E-state index is 0.937. The molecular formula is C18H30N+. The normalized spacial score (nSPS) is 23.7. The molecule has 1 aromatic rings. The Kier molecular flexibility index (Phi) is 4.35. The van der Waals surface area contributed by atoms with Gasteiger partial charge in [-0.15, -0.1) is 0 Å². The van der Waals surface area contributed by atoms with Gasteiger partial charge in [-0.1, -0.05) is 6.92 Å². The molecule has 0 unspecified atom stereocenters. The molecule has 1 fully saturated rings. The summed E-state index contributed by atoms with van der Waals surface area (Å²) < 4.78 is 0. The van der Waals surface area contributed by atoms with Gasteiger partial charge in [0.15, 0.2) is 0 Å². The Morgan fingerprint density at radius 3 is 1.68 bits per heavy atom. The van der Waals surface area contributed by atoms with Gasteiger partial charge in [0.1, 0.15) is 6.54 Å². The first-order chi connectivity index (χ1) is 8.91. The van der Waals surface area contributed by atoms with Crippen LogP contribution in [0.2, 0.25) is 0 Å². The van der Waals surface area contributed by atoms with Gasteiger partial charge in [-0.2, -0.15) is 0 Å². The average molecular weight is 260 g/mol. The standard InChI is InChI=1S/C18H29N/c1-12-7-9-19(10-8-12)11-18-16(5)14(3)13(2)15(4)17(18)6/h12H,7-11H2,1-6H3/p+1. The fraction of sp³-hybridized carbons (Fsp3) is 0.667. The number of hydrogen-bond acceptors (Lipinski definition) is 0. The summed E-state index contributed by atoms with van der Waals surface area (Å²) in [7, 11) is 0. The average Bonchev–Trinajstić information content (AvgIpc) is 2.41. The van der Waals surface area contributed by atoms with Gasteiger partial charge >= 0.3 is 0 Å². The van der Waals surface area contributed by atoms with Gasteiger partial charge in [0.2, 0.25) is 0 Å². The van der Waals surface area contributed by atoms with E-state index in [1.54, 1.807) is 10.5 Å². The summed E-state index contributed by atoms with van der Waals surface area (Å²) in [6, 6.07) is 0. The first-order valence-corrected chi connectivity index (χ1v) is 7.81. The number of likely N-dealkylation sites (tertiary alicyclic amines) is 1. The van der Waals surface area contributed by atoms with Crippen molar-refractivity contribution in [2.45, 2.75) is 60.9 Å². The first kappa shape index (κ1) is 14.6. The lowest BCUT2D eigenvalue weighted by Gasteiger charge is -2.29. The van der Waals surface area contributed by atoms with Crippen LogP contribution in [0.1, 0.15) is 53.1 Å². The number of rotatable bonds is 2. The van der Waals surface area contributed by atoms with Gasteiger partial charge < -0.3 is 4.90 Å². The molecule has 1 aliphatic heterocycles. The number of benzene rings is 1. The molecule has 106 valence electrons. The van der Waals surface area contributed by atoms with E-state index in [0.29, 0.717) is 0 Å². The van der Waals surface area contributed by atoms with E-state index >= 15 is 0 Å². The predicted molar refractivity (Wildman–Crippen MR) is 82.9 cm³/mol. The molecule has 1 N–H and O–H groups in total. The second kappa shape index (κ2) is 5.66. The Hall–Kier alpha value is -0.820. The van der Waals surface area contributed by atoms with Gasteiger partial charge in [-0.05, 0) is 81.2 Å². The van der Waals surface area contributed by atoms with E-state index in [9.17, 15) is 0 Å². The number of nitrogens with one attached hydrogen (secondary N) is 1. The summed E-state index contributed by atoms with van der Waals surface area (Å²) in [5.74, 6) is 0.937. The van der Waals surface area contributed by atoms with Crippen molar-refractivity contribution >= 4 is 0 Å². The molecule has 19 heavy (non-hydrogen) atoms. The van der Waals surface area contributed by atoms with E-state index in [2.05, 4.69) is 41.5 Å². The monoisotopic (exact) mass is 260 g/mol. The molecule has 0 radical (unpaired) electrons. The zero-order valence-corrected chi connectivity index (χ0v) is 13.6. The van der Waals surface area contributed by atoms with Crippen molar-refractivity contribution in [2.75, 3.05) is 13.1 Å². The van der Waals surface area contributed by atoms with Gasteiger partial charge in [0.25, 0.3) is 0 Å². The lowest BCUT2D eigenvalue weighted by Crippen LogP contribution is -3.11. The Morgan fingerprint density at radius 2 is 1.21 bits per heavy atom. The smallest absolute Gasteiger partial charge is 0.103 e. The molecule has 1 heterocycles. The summed E-state index contributed by atoms with van der Waals surface area (Å²) in [5.41, 5.74) is 9.18. The van der Waals surface area contributed by atoms with Gasteiger partial charge in [0, 0.05) is 5.56 Å². The Bertz CT molecular complexity index is 436. The summed E-state index contributed by atoms with van der Waals surface area (Å²) in [6.07, 6.45) is 2.80. The van der Waals surface area contributed by atoms with E-state index in [1.165, 1.54) is 60.3 Å². The molecule has 0 bridgehead atoms. The molecule has 2 rings (SSSR count). The third kappa shape index (κ3) is 2.86. The van der Waals surface area contributed by atoms with Crippen molar-refractivity contribution in [2.24, 2.45) is 5.92 Å². The summed E-state index contributed by atoms with van der Waals surface area (Å²) in [6.45, 7) is 17.8. The molecule has 0 amide bonds. The highest BCUT2D eigenvalue weighted by Gasteiger charge is 2.21. The molecule has 1 aliphatic rings. The van der Waals surface area contributed by atoms with E-state index in [-0.39, 0.29) is 0 Å². The van der Waals surface area contributed by atoms with Crippen LogP contribution in [0.4, 0.5) is 0 Å².